The number of carbonyl (C=O) groups excluding carboxylic acids is 2. The quantitative estimate of drug-likeness (QED) is 0.345. The molecule has 0 saturated heterocycles. The molecular weight excluding hydrogens is 356 g/mol. The number of rotatable bonds is 7. The maximum Gasteiger partial charge on any atom is 0.316 e. The maximum atomic E-state index is 11.8. The molecule has 0 radical (unpaired) electrons. The Hall–Kier alpha value is -2.87. The molecule has 1 N–H and O–H groups in total. The normalized spacial score (nSPS) is 10.2. The SMILES string of the molecule is Cc1ccc(C)c(SCC(=O)OCC(=O)Nc2ccc([N+](=O)[O-])cc2)c1. The first kappa shape index (κ1) is 19.5. The largest absolute Gasteiger partial charge is 0.455 e. The molecule has 0 fully saturated rings. The van der Waals surface area contributed by atoms with Gasteiger partial charge in [0.2, 0.25) is 0 Å². The minimum absolute atomic E-state index is 0.0714. The zero-order chi connectivity index (χ0) is 19.1. The van der Waals surface area contributed by atoms with Gasteiger partial charge in [0.1, 0.15) is 0 Å². The van der Waals surface area contributed by atoms with Gasteiger partial charge in [-0.05, 0) is 37.6 Å². The third-order valence-electron chi connectivity index (χ3n) is 3.42. The molecular formula is C18H18N2O5S. The third kappa shape index (κ3) is 5.89. The molecule has 1 amide bonds. The summed E-state index contributed by atoms with van der Waals surface area (Å²) in [6.07, 6.45) is 0. The fraction of sp³-hybridized carbons (Fsp3) is 0.222. The molecule has 8 heteroatoms. The lowest BCUT2D eigenvalue weighted by atomic mass is 10.2. The van der Waals surface area contributed by atoms with E-state index in [2.05, 4.69) is 5.32 Å². The number of anilines is 1. The molecule has 0 aromatic heterocycles. The number of hydrogen-bond donors (Lipinski definition) is 1. The maximum absolute atomic E-state index is 11.8. The van der Waals surface area contributed by atoms with Gasteiger partial charge in [0.05, 0.1) is 10.7 Å². The zero-order valence-electron chi connectivity index (χ0n) is 14.4. The fourth-order valence-corrected chi connectivity index (χ4v) is 2.97. The van der Waals surface area contributed by atoms with Gasteiger partial charge in [-0.15, -0.1) is 11.8 Å². The number of aryl methyl sites for hydroxylation is 2. The highest BCUT2D eigenvalue weighted by Crippen LogP contribution is 2.23. The molecule has 2 aromatic carbocycles. The first-order valence-corrected chi connectivity index (χ1v) is 8.73. The summed E-state index contributed by atoms with van der Waals surface area (Å²) in [5.41, 5.74) is 2.50. The molecule has 0 atom stereocenters. The van der Waals surface area contributed by atoms with E-state index in [0.29, 0.717) is 5.69 Å². The van der Waals surface area contributed by atoms with E-state index in [-0.39, 0.29) is 11.4 Å². The Morgan fingerprint density at radius 3 is 2.50 bits per heavy atom. The van der Waals surface area contributed by atoms with E-state index in [1.54, 1.807) is 0 Å². The second-order valence-corrected chi connectivity index (χ2v) is 6.59. The summed E-state index contributed by atoms with van der Waals surface area (Å²) in [5.74, 6) is -0.895. The fourth-order valence-electron chi connectivity index (χ4n) is 2.05. The summed E-state index contributed by atoms with van der Waals surface area (Å²) >= 11 is 1.36. The highest BCUT2D eigenvalue weighted by molar-refractivity contribution is 8.00. The molecule has 7 nitrogen and oxygen atoms in total. The molecule has 0 bridgehead atoms. The summed E-state index contributed by atoms with van der Waals surface area (Å²) in [7, 11) is 0. The van der Waals surface area contributed by atoms with E-state index >= 15 is 0 Å². The minimum Gasteiger partial charge on any atom is -0.455 e. The van der Waals surface area contributed by atoms with Crippen molar-refractivity contribution in [1.82, 2.24) is 0 Å². The van der Waals surface area contributed by atoms with Crippen LogP contribution in [0.5, 0.6) is 0 Å². The lowest BCUT2D eigenvalue weighted by Crippen LogP contribution is -2.21. The number of nitrogens with one attached hydrogen (secondary N) is 1. The topological polar surface area (TPSA) is 98.5 Å². The van der Waals surface area contributed by atoms with Crippen molar-refractivity contribution in [3.8, 4) is 0 Å². The van der Waals surface area contributed by atoms with Gasteiger partial charge in [0.25, 0.3) is 11.6 Å². The van der Waals surface area contributed by atoms with Crippen LogP contribution in [0.3, 0.4) is 0 Å². The summed E-state index contributed by atoms with van der Waals surface area (Å²) in [5, 5.41) is 13.1. The number of hydrogen-bond acceptors (Lipinski definition) is 6. The lowest BCUT2D eigenvalue weighted by molar-refractivity contribution is -0.384. The number of non-ortho nitro benzene ring substituents is 1. The molecule has 26 heavy (non-hydrogen) atoms. The van der Waals surface area contributed by atoms with Gasteiger partial charge in [-0.2, -0.15) is 0 Å². The Balaban J connectivity index is 1.76. The van der Waals surface area contributed by atoms with Crippen molar-refractivity contribution in [2.24, 2.45) is 0 Å². The van der Waals surface area contributed by atoms with Crippen LogP contribution in [-0.2, 0) is 14.3 Å². The average molecular weight is 374 g/mol. The predicted octanol–water partition coefficient (Wildman–Crippen LogP) is 3.49. The van der Waals surface area contributed by atoms with E-state index < -0.39 is 23.4 Å². The van der Waals surface area contributed by atoms with Gasteiger partial charge >= 0.3 is 5.97 Å². The predicted molar refractivity (Wildman–Crippen MR) is 99.3 cm³/mol. The van der Waals surface area contributed by atoms with Gasteiger partial charge < -0.3 is 10.1 Å². The Labute approximate surface area is 154 Å². The van der Waals surface area contributed by atoms with E-state index in [1.807, 2.05) is 32.0 Å². The van der Waals surface area contributed by atoms with Gasteiger partial charge in [-0.3, -0.25) is 19.7 Å². The van der Waals surface area contributed by atoms with Crippen LogP contribution in [-0.4, -0.2) is 29.2 Å². The Bertz CT molecular complexity index is 821. The molecule has 2 rings (SSSR count). The molecule has 0 aliphatic carbocycles. The van der Waals surface area contributed by atoms with Crippen LogP contribution in [0.1, 0.15) is 11.1 Å². The van der Waals surface area contributed by atoms with Gasteiger partial charge in [-0.25, -0.2) is 0 Å². The monoisotopic (exact) mass is 374 g/mol. The summed E-state index contributed by atoms with van der Waals surface area (Å²) < 4.78 is 4.95. The number of esters is 1. The highest BCUT2D eigenvalue weighted by Gasteiger charge is 2.11. The third-order valence-corrected chi connectivity index (χ3v) is 4.55. The summed E-state index contributed by atoms with van der Waals surface area (Å²) in [6, 6.07) is 11.4. The molecule has 136 valence electrons. The summed E-state index contributed by atoms with van der Waals surface area (Å²) in [4.78, 5) is 34.6. The lowest BCUT2D eigenvalue weighted by Gasteiger charge is -2.08. The van der Waals surface area contributed by atoms with Crippen LogP contribution in [0.2, 0.25) is 0 Å². The first-order valence-electron chi connectivity index (χ1n) is 7.75. The van der Waals surface area contributed by atoms with Gasteiger partial charge in [0.15, 0.2) is 6.61 Å². The van der Waals surface area contributed by atoms with E-state index in [0.717, 1.165) is 16.0 Å². The molecule has 0 aliphatic heterocycles. The second kappa shape index (κ2) is 9.00. The van der Waals surface area contributed by atoms with E-state index in [4.69, 9.17) is 4.74 Å². The smallest absolute Gasteiger partial charge is 0.316 e. The van der Waals surface area contributed by atoms with E-state index in [9.17, 15) is 19.7 Å². The number of ether oxygens (including phenoxy) is 1. The molecule has 0 aliphatic rings. The van der Waals surface area contributed by atoms with Crippen LogP contribution in [0.15, 0.2) is 47.4 Å². The molecule has 0 spiro atoms. The van der Waals surface area contributed by atoms with Crippen LogP contribution >= 0.6 is 11.8 Å². The van der Waals surface area contributed by atoms with Crippen molar-refractivity contribution >= 4 is 35.0 Å². The molecule has 0 heterocycles. The van der Waals surface area contributed by atoms with Crippen molar-refractivity contribution in [2.45, 2.75) is 18.7 Å². The van der Waals surface area contributed by atoms with Crippen molar-refractivity contribution in [2.75, 3.05) is 17.7 Å². The Morgan fingerprint density at radius 2 is 1.85 bits per heavy atom. The van der Waals surface area contributed by atoms with Crippen LogP contribution in [0.4, 0.5) is 11.4 Å². The zero-order valence-corrected chi connectivity index (χ0v) is 15.2. The second-order valence-electron chi connectivity index (χ2n) is 5.57. The first-order chi connectivity index (χ1) is 12.3. The molecule has 0 saturated carbocycles. The van der Waals surface area contributed by atoms with Crippen molar-refractivity contribution < 1.29 is 19.2 Å². The van der Waals surface area contributed by atoms with Crippen molar-refractivity contribution in [1.29, 1.82) is 0 Å². The van der Waals surface area contributed by atoms with Crippen LogP contribution in [0, 0.1) is 24.0 Å². The minimum atomic E-state index is -0.527. The summed E-state index contributed by atoms with van der Waals surface area (Å²) in [6.45, 7) is 3.53. The van der Waals surface area contributed by atoms with Crippen molar-refractivity contribution in [3.05, 3.63) is 63.7 Å². The number of amides is 1. The van der Waals surface area contributed by atoms with Crippen LogP contribution in [0.25, 0.3) is 0 Å². The number of nitro benzene ring substituents is 1. The number of benzene rings is 2. The average Bonchev–Trinajstić information content (AvgIpc) is 2.61. The number of thioether (sulfide) groups is 1. The highest BCUT2D eigenvalue weighted by atomic mass is 32.2. The number of carbonyl (C=O) groups is 2. The van der Waals surface area contributed by atoms with Gasteiger partial charge in [0, 0.05) is 22.7 Å². The van der Waals surface area contributed by atoms with E-state index in [1.165, 1.54) is 36.0 Å². The Morgan fingerprint density at radius 1 is 1.15 bits per heavy atom. The molecule has 2 aromatic rings. The number of nitro groups is 1. The Kier molecular flexibility index (Phi) is 6.74. The number of nitrogens with zero attached hydrogens (tertiary/aromatic N) is 1. The van der Waals surface area contributed by atoms with Crippen molar-refractivity contribution in [3.63, 3.8) is 0 Å². The van der Waals surface area contributed by atoms with Gasteiger partial charge in [-0.1, -0.05) is 17.7 Å². The molecule has 0 unspecified atom stereocenters. The van der Waals surface area contributed by atoms with Crippen LogP contribution < -0.4 is 5.32 Å². The standard InChI is InChI=1S/C18H18N2O5S/c1-12-3-4-13(2)16(9-12)26-11-18(22)25-10-17(21)19-14-5-7-15(8-6-14)20(23)24/h3-9H,10-11H2,1-2H3,(H,19,21).